The van der Waals surface area contributed by atoms with Crippen molar-refractivity contribution in [3.63, 3.8) is 0 Å². The molecule has 0 spiro atoms. The molecule has 156 valence electrons. The number of nitrogens with one attached hydrogen (secondary N) is 2. The molecule has 1 aliphatic heterocycles. The van der Waals surface area contributed by atoms with Crippen LogP contribution in [0, 0.1) is 0 Å². The fraction of sp³-hybridized carbons (Fsp3) is 0.333. The van der Waals surface area contributed by atoms with Crippen LogP contribution in [0.3, 0.4) is 0 Å². The zero-order valence-electron chi connectivity index (χ0n) is 17.0. The van der Waals surface area contributed by atoms with Gasteiger partial charge in [-0.25, -0.2) is 0 Å². The highest BCUT2D eigenvalue weighted by Gasteiger charge is 2.13. The maximum Gasteiger partial charge on any atom is 0.261 e. The minimum atomic E-state index is -0.436. The van der Waals surface area contributed by atoms with E-state index in [4.69, 9.17) is 4.42 Å². The molecule has 3 aromatic rings. The summed E-state index contributed by atoms with van der Waals surface area (Å²) in [5.74, 6) is 0.162. The van der Waals surface area contributed by atoms with Gasteiger partial charge in [0.2, 0.25) is 0 Å². The molecule has 1 fully saturated rings. The average molecular weight is 405 g/mol. The second kappa shape index (κ2) is 9.59. The van der Waals surface area contributed by atoms with Crippen LogP contribution in [0.5, 0.6) is 0 Å². The topological polar surface area (TPSA) is 78.3 Å². The molecule has 0 bridgehead atoms. The zero-order chi connectivity index (χ0) is 20.8. The number of likely N-dealkylation sites (tertiary alicyclic amines) is 1. The first kappa shape index (κ1) is 20.2. The first-order chi connectivity index (χ1) is 14.7. The van der Waals surface area contributed by atoms with Gasteiger partial charge >= 0.3 is 0 Å². The second-order valence-electron chi connectivity index (χ2n) is 7.78. The summed E-state index contributed by atoms with van der Waals surface area (Å²) in [7, 11) is 0. The third-order valence-electron chi connectivity index (χ3n) is 5.52. The van der Waals surface area contributed by atoms with Crippen LogP contribution in [0.4, 0.5) is 0 Å². The predicted octanol–water partition coefficient (Wildman–Crippen LogP) is 3.94. The number of aromatic amines is 1. The normalized spacial score (nSPS) is 14.9. The van der Waals surface area contributed by atoms with Crippen LogP contribution in [0.15, 0.2) is 64.0 Å². The van der Waals surface area contributed by atoms with Gasteiger partial charge in [0.15, 0.2) is 0 Å². The summed E-state index contributed by atoms with van der Waals surface area (Å²) in [6.07, 6.45) is 6.78. The maximum absolute atomic E-state index is 12.4. The van der Waals surface area contributed by atoms with Crippen molar-refractivity contribution in [3.05, 3.63) is 81.8 Å². The summed E-state index contributed by atoms with van der Waals surface area (Å²) in [4.78, 5) is 29.9. The van der Waals surface area contributed by atoms with Gasteiger partial charge in [-0.1, -0.05) is 37.1 Å². The molecule has 0 unspecified atom stereocenters. The van der Waals surface area contributed by atoms with Crippen molar-refractivity contribution >= 4 is 5.91 Å². The minimum Gasteiger partial charge on any atom is -0.463 e. The summed E-state index contributed by atoms with van der Waals surface area (Å²) in [6.45, 7) is 3.70. The molecule has 2 aromatic heterocycles. The predicted molar refractivity (Wildman–Crippen MR) is 116 cm³/mol. The Balaban J connectivity index is 1.33. The first-order valence-electron chi connectivity index (χ1n) is 10.5. The van der Waals surface area contributed by atoms with Gasteiger partial charge < -0.3 is 14.7 Å². The number of carbonyl (C=O) groups is 1. The molecule has 1 saturated heterocycles. The number of amides is 1. The van der Waals surface area contributed by atoms with E-state index in [-0.39, 0.29) is 5.56 Å². The largest absolute Gasteiger partial charge is 0.463 e. The van der Waals surface area contributed by atoms with E-state index < -0.39 is 11.5 Å². The van der Waals surface area contributed by atoms with Crippen molar-refractivity contribution in [1.29, 1.82) is 0 Å². The number of H-pyrrole nitrogens is 1. The van der Waals surface area contributed by atoms with Crippen LogP contribution in [-0.4, -0.2) is 28.9 Å². The number of nitrogens with zero attached hydrogens (tertiary/aromatic N) is 1. The lowest BCUT2D eigenvalue weighted by atomic mass is 10.1. The molecule has 6 nitrogen and oxygen atoms in total. The highest BCUT2D eigenvalue weighted by atomic mass is 16.3. The Hall–Kier alpha value is -3.12. The first-order valence-corrected chi connectivity index (χ1v) is 10.5. The Morgan fingerprint density at radius 2 is 1.70 bits per heavy atom. The van der Waals surface area contributed by atoms with E-state index in [9.17, 15) is 9.59 Å². The van der Waals surface area contributed by atoms with Gasteiger partial charge in [-0.15, -0.1) is 0 Å². The molecule has 0 aliphatic carbocycles. The molecule has 6 heteroatoms. The van der Waals surface area contributed by atoms with Crippen molar-refractivity contribution in [2.45, 2.75) is 38.8 Å². The van der Waals surface area contributed by atoms with Crippen molar-refractivity contribution in [3.8, 4) is 11.5 Å². The van der Waals surface area contributed by atoms with E-state index in [2.05, 4.69) is 27.3 Å². The number of benzene rings is 1. The maximum atomic E-state index is 12.4. The van der Waals surface area contributed by atoms with Crippen molar-refractivity contribution in [2.75, 3.05) is 13.1 Å². The molecule has 3 heterocycles. The lowest BCUT2D eigenvalue weighted by Gasteiger charge is -2.19. The van der Waals surface area contributed by atoms with Gasteiger partial charge in [-0.3, -0.25) is 14.5 Å². The summed E-state index contributed by atoms with van der Waals surface area (Å²) in [5, 5.41) is 2.83. The Labute approximate surface area is 175 Å². The number of aromatic nitrogens is 1. The molecule has 0 radical (unpaired) electrons. The van der Waals surface area contributed by atoms with E-state index in [1.54, 1.807) is 18.2 Å². The van der Waals surface area contributed by atoms with Crippen LogP contribution < -0.4 is 10.9 Å². The van der Waals surface area contributed by atoms with E-state index in [0.717, 1.165) is 12.1 Å². The van der Waals surface area contributed by atoms with Crippen molar-refractivity contribution < 1.29 is 9.21 Å². The summed E-state index contributed by atoms with van der Waals surface area (Å²) in [6, 6.07) is 15.0. The van der Waals surface area contributed by atoms with Gasteiger partial charge in [0.1, 0.15) is 11.3 Å². The summed E-state index contributed by atoms with van der Waals surface area (Å²) in [5.41, 5.74) is 2.49. The van der Waals surface area contributed by atoms with Gasteiger partial charge in [0.05, 0.1) is 12.0 Å². The Kier molecular flexibility index (Phi) is 6.44. The molecule has 30 heavy (non-hydrogen) atoms. The summed E-state index contributed by atoms with van der Waals surface area (Å²) >= 11 is 0. The van der Waals surface area contributed by atoms with Gasteiger partial charge in [0, 0.05) is 13.1 Å². The van der Waals surface area contributed by atoms with E-state index in [0.29, 0.717) is 18.0 Å². The van der Waals surface area contributed by atoms with Crippen LogP contribution in [-0.2, 0) is 13.1 Å². The molecular weight excluding hydrogens is 378 g/mol. The molecule has 1 aromatic carbocycles. The molecular formula is C24H27N3O3. The Morgan fingerprint density at radius 1 is 0.967 bits per heavy atom. The lowest BCUT2D eigenvalue weighted by molar-refractivity contribution is 0.0949. The third-order valence-corrected chi connectivity index (χ3v) is 5.52. The molecule has 2 N–H and O–H groups in total. The van der Waals surface area contributed by atoms with E-state index in [1.165, 1.54) is 56.7 Å². The van der Waals surface area contributed by atoms with Crippen LogP contribution >= 0.6 is 0 Å². The average Bonchev–Trinajstić information content (AvgIpc) is 3.18. The van der Waals surface area contributed by atoms with Gasteiger partial charge in [-0.05, 0) is 61.3 Å². The number of furan rings is 1. The molecule has 1 aliphatic rings. The van der Waals surface area contributed by atoms with E-state index in [1.807, 2.05) is 12.1 Å². The highest BCUT2D eigenvalue weighted by Crippen LogP contribution is 2.16. The third kappa shape index (κ3) is 5.07. The number of hydrogen-bond acceptors (Lipinski definition) is 4. The molecule has 0 atom stereocenters. The quantitative estimate of drug-likeness (QED) is 0.651. The van der Waals surface area contributed by atoms with Gasteiger partial charge in [0.25, 0.3) is 11.5 Å². The fourth-order valence-electron chi connectivity index (χ4n) is 3.82. The second-order valence-corrected chi connectivity index (χ2v) is 7.78. The summed E-state index contributed by atoms with van der Waals surface area (Å²) < 4.78 is 5.27. The number of rotatable bonds is 6. The van der Waals surface area contributed by atoms with Crippen molar-refractivity contribution in [1.82, 2.24) is 15.2 Å². The SMILES string of the molecule is O=C(NCc1ccc(CN2CCCCCC2)cc1)c1ccc(-c2ccco2)[nH]c1=O. The van der Waals surface area contributed by atoms with Gasteiger partial charge in [-0.2, -0.15) is 0 Å². The molecule has 0 saturated carbocycles. The monoisotopic (exact) mass is 405 g/mol. The number of pyridine rings is 1. The fourth-order valence-corrected chi connectivity index (χ4v) is 3.82. The molecule has 4 rings (SSSR count). The van der Waals surface area contributed by atoms with Crippen molar-refractivity contribution in [2.24, 2.45) is 0 Å². The van der Waals surface area contributed by atoms with Crippen LogP contribution in [0.1, 0.15) is 47.2 Å². The highest BCUT2D eigenvalue weighted by molar-refractivity contribution is 5.93. The number of hydrogen-bond donors (Lipinski definition) is 2. The van der Waals surface area contributed by atoms with E-state index >= 15 is 0 Å². The standard InChI is InChI=1S/C24H27N3O3/c28-23(20-11-12-21(26-24(20)29)22-6-5-15-30-22)25-16-18-7-9-19(10-8-18)17-27-13-3-1-2-4-14-27/h5-12,15H,1-4,13-14,16-17H2,(H,25,28)(H,26,29). The van der Waals surface area contributed by atoms with Crippen LogP contribution in [0.2, 0.25) is 0 Å². The number of carbonyl (C=O) groups excluding carboxylic acids is 1. The lowest BCUT2D eigenvalue weighted by Crippen LogP contribution is -2.29. The Morgan fingerprint density at radius 3 is 2.37 bits per heavy atom. The zero-order valence-corrected chi connectivity index (χ0v) is 17.0. The smallest absolute Gasteiger partial charge is 0.261 e. The minimum absolute atomic E-state index is 0.0862. The Bertz CT molecular complexity index is 1010. The molecule has 1 amide bonds. The van der Waals surface area contributed by atoms with Crippen LogP contribution in [0.25, 0.3) is 11.5 Å².